The van der Waals surface area contributed by atoms with Crippen molar-refractivity contribution in [2.75, 3.05) is 37.6 Å². The van der Waals surface area contributed by atoms with E-state index >= 15 is 0 Å². The molecule has 1 aliphatic heterocycles. The van der Waals surface area contributed by atoms with Crippen LogP contribution in [-0.4, -0.2) is 47.6 Å². The summed E-state index contributed by atoms with van der Waals surface area (Å²) in [5, 5.41) is 0.627. The standard InChI is InChI=1S/C15H16N4O/c1-2-7-18-8-10-19(11-9-18)15-16-13-6-4-3-5-12(13)14(20)17-15/h1,3-6H,7-11H2,(H,16,17,20). The molecule has 20 heavy (non-hydrogen) atoms. The van der Waals surface area contributed by atoms with Crippen LogP contribution in [0.15, 0.2) is 29.1 Å². The lowest BCUT2D eigenvalue weighted by Gasteiger charge is -2.33. The summed E-state index contributed by atoms with van der Waals surface area (Å²) >= 11 is 0. The molecular weight excluding hydrogens is 252 g/mol. The summed E-state index contributed by atoms with van der Waals surface area (Å²) in [6, 6.07) is 7.39. The van der Waals surface area contributed by atoms with E-state index < -0.39 is 0 Å². The number of anilines is 1. The number of piperazine rings is 1. The van der Waals surface area contributed by atoms with Gasteiger partial charge in [0.05, 0.1) is 17.4 Å². The van der Waals surface area contributed by atoms with Gasteiger partial charge in [0.1, 0.15) is 0 Å². The number of hydrogen-bond acceptors (Lipinski definition) is 4. The second-order valence-electron chi connectivity index (χ2n) is 4.87. The third kappa shape index (κ3) is 2.38. The third-order valence-corrected chi connectivity index (χ3v) is 3.59. The van der Waals surface area contributed by atoms with Crippen LogP contribution in [-0.2, 0) is 0 Å². The van der Waals surface area contributed by atoms with Gasteiger partial charge in [0.2, 0.25) is 5.95 Å². The van der Waals surface area contributed by atoms with Crippen LogP contribution in [0.5, 0.6) is 0 Å². The summed E-state index contributed by atoms with van der Waals surface area (Å²) in [5.74, 6) is 3.31. The van der Waals surface area contributed by atoms with Gasteiger partial charge in [-0.2, -0.15) is 0 Å². The van der Waals surface area contributed by atoms with Gasteiger partial charge in [-0.25, -0.2) is 4.98 Å². The largest absolute Gasteiger partial charge is 0.340 e. The number of fused-ring (bicyclic) bond motifs is 1. The molecule has 3 rings (SSSR count). The number of aromatic amines is 1. The highest BCUT2D eigenvalue weighted by Crippen LogP contribution is 2.13. The number of aromatic nitrogens is 2. The van der Waals surface area contributed by atoms with Crippen molar-refractivity contribution < 1.29 is 0 Å². The Morgan fingerprint density at radius 2 is 2.00 bits per heavy atom. The predicted octanol–water partition coefficient (Wildman–Crippen LogP) is 0.678. The van der Waals surface area contributed by atoms with E-state index in [4.69, 9.17) is 6.42 Å². The first-order valence-corrected chi connectivity index (χ1v) is 6.68. The van der Waals surface area contributed by atoms with Gasteiger partial charge in [0, 0.05) is 26.2 Å². The highest BCUT2D eigenvalue weighted by Gasteiger charge is 2.18. The minimum Gasteiger partial charge on any atom is -0.340 e. The van der Waals surface area contributed by atoms with Gasteiger partial charge >= 0.3 is 0 Å². The van der Waals surface area contributed by atoms with E-state index in [1.807, 2.05) is 18.2 Å². The summed E-state index contributed by atoms with van der Waals surface area (Å²) < 4.78 is 0. The number of H-pyrrole nitrogens is 1. The second kappa shape index (κ2) is 5.35. The van der Waals surface area contributed by atoms with Crippen molar-refractivity contribution in [3.05, 3.63) is 34.6 Å². The number of para-hydroxylation sites is 1. The van der Waals surface area contributed by atoms with Gasteiger partial charge < -0.3 is 4.90 Å². The quantitative estimate of drug-likeness (QED) is 0.814. The monoisotopic (exact) mass is 268 g/mol. The zero-order chi connectivity index (χ0) is 13.9. The number of rotatable bonds is 2. The molecule has 0 spiro atoms. The smallest absolute Gasteiger partial charge is 0.260 e. The Bertz CT molecular complexity index is 708. The molecule has 0 aliphatic carbocycles. The first-order valence-electron chi connectivity index (χ1n) is 6.68. The van der Waals surface area contributed by atoms with Crippen molar-refractivity contribution in [1.82, 2.24) is 14.9 Å². The normalized spacial score (nSPS) is 16.2. The van der Waals surface area contributed by atoms with Crippen LogP contribution >= 0.6 is 0 Å². The summed E-state index contributed by atoms with van der Waals surface area (Å²) in [6.07, 6.45) is 5.32. The molecule has 1 aliphatic rings. The fraction of sp³-hybridized carbons (Fsp3) is 0.333. The molecule has 0 saturated carbocycles. The Hall–Kier alpha value is -2.32. The van der Waals surface area contributed by atoms with E-state index in [9.17, 15) is 4.79 Å². The summed E-state index contributed by atoms with van der Waals surface area (Å²) in [4.78, 5) is 23.8. The molecule has 0 amide bonds. The van der Waals surface area contributed by atoms with Gasteiger partial charge in [0.25, 0.3) is 5.56 Å². The fourth-order valence-electron chi connectivity index (χ4n) is 2.47. The summed E-state index contributed by atoms with van der Waals surface area (Å²) in [6.45, 7) is 4.10. The van der Waals surface area contributed by atoms with E-state index in [1.165, 1.54) is 0 Å². The summed E-state index contributed by atoms with van der Waals surface area (Å²) in [7, 11) is 0. The first-order chi connectivity index (χ1) is 9.78. The van der Waals surface area contributed by atoms with Crippen LogP contribution < -0.4 is 10.5 Å². The first kappa shape index (κ1) is 12.7. The van der Waals surface area contributed by atoms with E-state index in [2.05, 4.69) is 25.7 Å². The molecular formula is C15H16N4O. The Kier molecular flexibility index (Phi) is 3.40. The Balaban J connectivity index is 1.85. The van der Waals surface area contributed by atoms with Crippen LogP contribution in [0.3, 0.4) is 0 Å². The molecule has 0 radical (unpaired) electrons. The average molecular weight is 268 g/mol. The Morgan fingerprint density at radius 3 is 2.75 bits per heavy atom. The molecule has 1 aromatic heterocycles. The highest BCUT2D eigenvalue weighted by atomic mass is 16.1. The second-order valence-corrected chi connectivity index (χ2v) is 4.87. The lowest BCUT2D eigenvalue weighted by atomic mass is 10.2. The lowest BCUT2D eigenvalue weighted by Crippen LogP contribution is -2.47. The third-order valence-electron chi connectivity index (χ3n) is 3.59. The fourth-order valence-corrected chi connectivity index (χ4v) is 2.47. The molecule has 1 saturated heterocycles. The molecule has 0 unspecified atom stereocenters. The minimum atomic E-state index is -0.0864. The van der Waals surface area contributed by atoms with Gasteiger partial charge in [-0.3, -0.25) is 14.7 Å². The van der Waals surface area contributed by atoms with Crippen LogP contribution in [0, 0.1) is 12.3 Å². The number of hydrogen-bond donors (Lipinski definition) is 1. The maximum Gasteiger partial charge on any atom is 0.260 e. The number of nitrogens with one attached hydrogen (secondary N) is 1. The van der Waals surface area contributed by atoms with Crippen LogP contribution in [0.4, 0.5) is 5.95 Å². The maximum absolute atomic E-state index is 12.0. The van der Waals surface area contributed by atoms with E-state index in [1.54, 1.807) is 6.07 Å². The predicted molar refractivity (Wildman–Crippen MR) is 79.8 cm³/mol. The zero-order valence-corrected chi connectivity index (χ0v) is 11.2. The van der Waals surface area contributed by atoms with Crippen LogP contribution in [0.2, 0.25) is 0 Å². The Labute approximate surface area is 117 Å². The Morgan fingerprint density at radius 1 is 1.25 bits per heavy atom. The molecule has 5 heteroatoms. The average Bonchev–Trinajstić information content (AvgIpc) is 2.48. The molecule has 1 fully saturated rings. The highest BCUT2D eigenvalue weighted by molar-refractivity contribution is 5.78. The molecule has 0 atom stereocenters. The van der Waals surface area contributed by atoms with Crippen molar-refractivity contribution in [2.24, 2.45) is 0 Å². The molecule has 2 heterocycles. The topological polar surface area (TPSA) is 52.2 Å². The van der Waals surface area contributed by atoms with Gasteiger partial charge in [0.15, 0.2) is 0 Å². The van der Waals surface area contributed by atoms with Gasteiger partial charge in [-0.05, 0) is 12.1 Å². The van der Waals surface area contributed by atoms with Crippen LogP contribution in [0.1, 0.15) is 0 Å². The molecule has 0 bridgehead atoms. The molecule has 2 aromatic rings. The number of terminal acetylenes is 1. The van der Waals surface area contributed by atoms with Crippen molar-refractivity contribution in [3.8, 4) is 12.3 Å². The molecule has 1 aromatic carbocycles. The molecule has 102 valence electrons. The van der Waals surface area contributed by atoms with Crippen molar-refractivity contribution >= 4 is 16.9 Å². The SMILES string of the molecule is C#CCN1CCN(c2nc3ccccc3c(=O)[nH]2)CC1. The number of benzene rings is 1. The van der Waals surface area contributed by atoms with Gasteiger partial charge in [-0.1, -0.05) is 18.1 Å². The lowest BCUT2D eigenvalue weighted by molar-refractivity contribution is 0.286. The van der Waals surface area contributed by atoms with E-state index in [0.717, 1.165) is 31.7 Å². The summed E-state index contributed by atoms with van der Waals surface area (Å²) in [5.41, 5.74) is 0.647. The minimum absolute atomic E-state index is 0.0864. The van der Waals surface area contributed by atoms with E-state index in [0.29, 0.717) is 17.9 Å². The van der Waals surface area contributed by atoms with Crippen LogP contribution in [0.25, 0.3) is 10.9 Å². The van der Waals surface area contributed by atoms with Crippen molar-refractivity contribution in [2.45, 2.75) is 0 Å². The van der Waals surface area contributed by atoms with E-state index in [-0.39, 0.29) is 5.56 Å². The molecule has 5 nitrogen and oxygen atoms in total. The van der Waals surface area contributed by atoms with Gasteiger partial charge in [-0.15, -0.1) is 6.42 Å². The maximum atomic E-state index is 12.0. The van der Waals surface area contributed by atoms with Crippen molar-refractivity contribution in [3.63, 3.8) is 0 Å². The van der Waals surface area contributed by atoms with Crippen molar-refractivity contribution in [1.29, 1.82) is 0 Å². The number of nitrogens with zero attached hydrogens (tertiary/aromatic N) is 3. The zero-order valence-electron chi connectivity index (χ0n) is 11.2. The molecule has 1 N–H and O–H groups in total.